The van der Waals surface area contributed by atoms with Gasteiger partial charge < -0.3 is 20.7 Å². The molecule has 6 nitrogen and oxygen atoms in total. The molecule has 0 aromatic heterocycles. The van der Waals surface area contributed by atoms with Gasteiger partial charge >= 0.3 is 0 Å². The van der Waals surface area contributed by atoms with Crippen molar-refractivity contribution >= 4 is 17.5 Å². The highest BCUT2D eigenvalue weighted by Crippen LogP contribution is 2.17. The van der Waals surface area contributed by atoms with Crippen molar-refractivity contribution in [3.63, 3.8) is 0 Å². The van der Waals surface area contributed by atoms with Gasteiger partial charge in [-0.15, -0.1) is 0 Å². The van der Waals surface area contributed by atoms with E-state index in [2.05, 4.69) is 10.6 Å². The van der Waals surface area contributed by atoms with Crippen LogP contribution in [0.25, 0.3) is 0 Å². The van der Waals surface area contributed by atoms with Crippen LogP contribution >= 0.6 is 0 Å². The first-order valence-corrected chi connectivity index (χ1v) is 8.20. The summed E-state index contributed by atoms with van der Waals surface area (Å²) in [7, 11) is 1.57. The molecular weight excluding hydrogens is 318 g/mol. The van der Waals surface area contributed by atoms with E-state index in [-0.39, 0.29) is 24.4 Å². The van der Waals surface area contributed by atoms with Crippen LogP contribution in [-0.4, -0.2) is 31.4 Å². The molecule has 0 saturated carbocycles. The summed E-state index contributed by atoms with van der Waals surface area (Å²) < 4.78 is 5.71. The van der Waals surface area contributed by atoms with Gasteiger partial charge in [0, 0.05) is 12.7 Å². The van der Waals surface area contributed by atoms with E-state index in [0.29, 0.717) is 12.3 Å². The molecule has 0 aliphatic carbocycles. The van der Waals surface area contributed by atoms with Crippen molar-refractivity contribution in [2.75, 3.05) is 18.9 Å². The van der Waals surface area contributed by atoms with E-state index < -0.39 is 0 Å². The largest absolute Gasteiger partial charge is 0.489 e. The number of amides is 2. The Morgan fingerprint density at radius 2 is 1.76 bits per heavy atom. The fourth-order valence-corrected chi connectivity index (χ4v) is 2.12. The summed E-state index contributed by atoms with van der Waals surface area (Å²) in [4.78, 5) is 23.3. The second-order valence-electron chi connectivity index (χ2n) is 5.69. The first-order valence-electron chi connectivity index (χ1n) is 8.20. The summed E-state index contributed by atoms with van der Waals surface area (Å²) in [5, 5.41) is 7.04. The maximum atomic E-state index is 12.1. The van der Waals surface area contributed by atoms with Crippen LogP contribution in [0.3, 0.4) is 0 Å². The van der Waals surface area contributed by atoms with E-state index in [9.17, 15) is 9.59 Å². The molecule has 2 aromatic carbocycles. The molecule has 132 valence electrons. The van der Waals surface area contributed by atoms with E-state index in [1.165, 1.54) is 0 Å². The summed E-state index contributed by atoms with van der Waals surface area (Å²) in [6.45, 7) is 2.48. The molecule has 0 saturated heterocycles. The quantitative estimate of drug-likeness (QED) is 0.666. The molecule has 0 aliphatic rings. The van der Waals surface area contributed by atoms with Gasteiger partial charge in [0.1, 0.15) is 12.4 Å². The molecule has 0 radical (unpaired) electrons. The zero-order valence-electron chi connectivity index (χ0n) is 14.5. The smallest absolute Gasteiger partial charge is 0.282 e. The third-order valence-corrected chi connectivity index (χ3v) is 3.72. The van der Waals surface area contributed by atoms with E-state index in [0.717, 1.165) is 11.3 Å². The van der Waals surface area contributed by atoms with Gasteiger partial charge in [0.2, 0.25) is 0 Å². The Kier molecular flexibility index (Phi) is 6.98. The van der Waals surface area contributed by atoms with E-state index in [1.54, 1.807) is 31.4 Å². The van der Waals surface area contributed by atoms with Crippen molar-refractivity contribution in [3.8, 4) is 5.75 Å². The number of carbonyl (C=O) groups excluding carboxylic acids is 2. The fourth-order valence-electron chi connectivity index (χ4n) is 2.12. The van der Waals surface area contributed by atoms with E-state index in [4.69, 9.17) is 4.74 Å². The highest BCUT2D eigenvalue weighted by Gasteiger charge is 2.17. The molecular formula is C19H24N3O3+. The molecule has 0 heterocycles. The number of hydrogen-bond donors (Lipinski definition) is 3. The van der Waals surface area contributed by atoms with Gasteiger partial charge in [0.25, 0.3) is 11.8 Å². The molecule has 6 heteroatoms. The minimum atomic E-state index is -0.355. The summed E-state index contributed by atoms with van der Waals surface area (Å²) >= 11 is 0. The van der Waals surface area contributed by atoms with Crippen molar-refractivity contribution in [3.05, 3.63) is 60.2 Å². The van der Waals surface area contributed by atoms with Crippen molar-refractivity contribution in [1.29, 1.82) is 0 Å². The van der Waals surface area contributed by atoms with Gasteiger partial charge in [-0.1, -0.05) is 30.3 Å². The van der Waals surface area contributed by atoms with Crippen molar-refractivity contribution in [2.24, 2.45) is 0 Å². The molecule has 2 aromatic rings. The van der Waals surface area contributed by atoms with Crippen LogP contribution in [0.4, 0.5) is 5.69 Å². The minimum absolute atomic E-state index is 0.112. The molecule has 0 spiro atoms. The lowest BCUT2D eigenvalue weighted by Crippen LogP contribution is -2.93. The standard InChI is InChI=1S/C19H23N3O3/c1-14(21-12-18(23)20-2)19(24)22-16-8-10-17(11-9-16)25-13-15-6-4-3-5-7-15/h3-11,14,21H,12-13H2,1-2H3,(H,20,23)(H,22,24)/p+1/t14-/m0/s1. The Hall–Kier alpha value is -2.86. The number of nitrogens with two attached hydrogens (primary N) is 1. The highest BCUT2D eigenvalue weighted by molar-refractivity contribution is 5.93. The maximum Gasteiger partial charge on any atom is 0.282 e. The molecule has 0 fully saturated rings. The van der Waals surface area contributed by atoms with Crippen molar-refractivity contribution < 1.29 is 19.6 Å². The van der Waals surface area contributed by atoms with Crippen LogP contribution < -0.4 is 20.7 Å². The van der Waals surface area contributed by atoms with Crippen LogP contribution in [0.1, 0.15) is 12.5 Å². The number of benzene rings is 2. The predicted molar refractivity (Wildman–Crippen MR) is 96.2 cm³/mol. The zero-order valence-corrected chi connectivity index (χ0v) is 14.5. The fraction of sp³-hybridized carbons (Fsp3) is 0.263. The summed E-state index contributed by atoms with van der Waals surface area (Å²) in [6, 6.07) is 16.8. The average Bonchev–Trinajstić information content (AvgIpc) is 2.66. The van der Waals surface area contributed by atoms with E-state index in [1.807, 2.05) is 42.5 Å². The van der Waals surface area contributed by atoms with Gasteiger partial charge in [-0.25, -0.2) is 0 Å². The third kappa shape index (κ3) is 6.27. The van der Waals surface area contributed by atoms with E-state index >= 15 is 0 Å². The number of nitrogens with one attached hydrogen (secondary N) is 2. The topological polar surface area (TPSA) is 84.0 Å². The molecule has 1 atom stereocenters. The molecule has 0 bridgehead atoms. The summed E-state index contributed by atoms with van der Waals surface area (Å²) in [5.41, 5.74) is 1.79. The van der Waals surface area contributed by atoms with Crippen molar-refractivity contribution in [2.45, 2.75) is 19.6 Å². The lowest BCUT2D eigenvalue weighted by Gasteiger charge is -2.12. The molecule has 4 N–H and O–H groups in total. The van der Waals surface area contributed by atoms with Gasteiger partial charge in [0.15, 0.2) is 12.6 Å². The number of hydrogen-bond acceptors (Lipinski definition) is 3. The molecule has 2 amide bonds. The highest BCUT2D eigenvalue weighted by atomic mass is 16.5. The van der Waals surface area contributed by atoms with Crippen LogP contribution in [0, 0.1) is 0 Å². The molecule has 0 unspecified atom stereocenters. The lowest BCUT2D eigenvalue weighted by atomic mass is 10.2. The predicted octanol–water partition coefficient (Wildman–Crippen LogP) is 0.902. The van der Waals surface area contributed by atoms with Gasteiger partial charge in [-0.05, 0) is 36.8 Å². The molecule has 25 heavy (non-hydrogen) atoms. The monoisotopic (exact) mass is 342 g/mol. The van der Waals surface area contributed by atoms with Crippen LogP contribution in [0.5, 0.6) is 5.75 Å². The minimum Gasteiger partial charge on any atom is -0.489 e. The Morgan fingerprint density at radius 3 is 2.40 bits per heavy atom. The second kappa shape index (κ2) is 9.44. The number of likely N-dealkylation sites (N-methyl/N-ethyl adjacent to an activating group) is 1. The summed E-state index contributed by atoms with van der Waals surface area (Å²) in [5.74, 6) is 0.475. The van der Waals surface area contributed by atoms with Crippen LogP contribution in [-0.2, 0) is 16.2 Å². The molecule has 2 rings (SSSR count). The van der Waals surface area contributed by atoms with Crippen molar-refractivity contribution in [1.82, 2.24) is 5.32 Å². The van der Waals surface area contributed by atoms with Crippen LogP contribution in [0.2, 0.25) is 0 Å². The lowest BCUT2D eigenvalue weighted by molar-refractivity contribution is -0.662. The molecule has 0 aliphatic heterocycles. The Labute approximate surface area is 147 Å². The summed E-state index contributed by atoms with van der Waals surface area (Å²) in [6.07, 6.45) is 0. The Balaban J connectivity index is 1.81. The SMILES string of the molecule is CNC(=O)C[NH2+][C@@H](C)C(=O)Nc1ccc(OCc2ccccc2)cc1. The Bertz CT molecular complexity index is 687. The number of ether oxygens (including phenoxy) is 1. The second-order valence-corrected chi connectivity index (χ2v) is 5.69. The van der Waals surface area contributed by atoms with Gasteiger partial charge in [0.05, 0.1) is 0 Å². The number of anilines is 1. The van der Waals surface area contributed by atoms with Gasteiger partial charge in [-0.3, -0.25) is 9.59 Å². The zero-order chi connectivity index (χ0) is 18.1. The number of carbonyl (C=O) groups is 2. The first kappa shape index (κ1) is 18.5. The number of rotatable bonds is 8. The normalized spacial score (nSPS) is 11.4. The number of quaternary nitrogens is 1. The first-order chi connectivity index (χ1) is 12.1. The maximum absolute atomic E-state index is 12.1. The average molecular weight is 342 g/mol. The van der Waals surface area contributed by atoms with Crippen LogP contribution in [0.15, 0.2) is 54.6 Å². The third-order valence-electron chi connectivity index (χ3n) is 3.72. The van der Waals surface area contributed by atoms with Gasteiger partial charge in [-0.2, -0.15) is 0 Å². The Morgan fingerprint density at radius 1 is 1.08 bits per heavy atom.